The fraction of sp³-hybridized carbons (Fsp3) is 0.562. The van der Waals surface area contributed by atoms with Crippen LogP contribution in [0.1, 0.15) is 29.6 Å². The van der Waals surface area contributed by atoms with Crippen LogP contribution in [-0.2, 0) is 19.5 Å². The summed E-state index contributed by atoms with van der Waals surface area (Å²) in [5, 5.41) is 2.75. The Morgan fingerprint density at radius 2 is 2.24 bits per heavy atom. The molecule has 2 rings (SSSR count). The minimum absolute atomic E-state index is 0.0516. The lowest BCUT2D eigenvalue weighted by atomic mass is 10.2. The van der Waals surface area contributed by atoms with Gasteiger partial charge in [-0.15, -0.1) is 0 Å². The van der Waals surface area contributed by atoms with Gasteiger partial charge >= 0.3 is 0 Å². The van der Waals surface area contributed by atoms with Gasteiger partial charge in [-0.25, -0.2) is 13.1 Å². The molecule has 2 N–H and O–H groups in total. The molecule has 7 nitrogen and oxygen atoms in total. The molecule has 0 aliphatic carbocycles. The van der Waals surface area contributed by atoms with E-state index in [1.54, 1.807) is 13.2 Å². The highest BCUT2D eigenvalue weighted by Gasteiger charge is 2.22. The van der Waals surface area contributed by atoms with E-state index in [0.717, 1.165) is 12.8 Å². The van der Waals surface area contributed by atoms with Gasteiger partial charge in [0.05, 0.1) is 16.6 Å². The molecule has 25 heavy (non-hydrogen) atoms. The summed E-state index contributed by atoms with van der Waals surface area (Å²) in [6.07, 6.45) is 2.38. The van der Waals surface area contributed by atoms with Gasteiger partial charge in [0.15, 0.2) is 0 Å². The minimum Gasteiger partial charge on any atom is -0.385 e. The lowest BCUT2D eigenvalue weighted by molar-refractivity contribution is 0.0947. The number of methoxy groups -OCH3 is 1. The van der Waals surface area contributed by atoms with Crippen LogP contribution in [-0.4, -0.2) is 53.8 Å². The fourth-order valence-corrected chi connectivity index (χ4v) is 3.97. The second-order valence-corrected chi connectivity index (χ2v) is 8.35. The highest BCUT2D eigenvalue weighted by Crippen LogP contribution is 2.21. The molecule has 0 bridgehead atoms. The van der Waals surface area contributed by atoms with Gasteiger partial charge in [0.2, 0.25) is 10.0 Å². The summed E-state index contributed by atoms with van der Waals surface area (Å²) in [5.41, 5.74) is 0.275. The van der Waals surface area contributed by atoms with Crippen LogP contribution in [0.5, 0.6) is 0 Å². The molecule has 1 fully saturated rings. The van der Waals surface area contributed by atoms with E-state index in [9.17, 15) is 13.2 Å². The van der Waals surface area contributed by atoms with Crippen LogP contribution in [0.3, 0.4) is 0 Å². The summed E-state index contributed by atoms with van der Waals surface area (Å²) in [5.74, 6) is -0.334. The van der Waals surface area contributed by atoms with Crippen LogP contribution < -0.4 is 10.0 Å². The Morgan fingerprint density at radius 3 is 2.92 bits per heavy atom. The van der Waals surface area contributed by atoms with Gasteiger partial charge in [-0.3, -0.25) is 4.79 Å². The van der Waals surface area contributed by atoms with Gasteiger partial charge in [0.25, 0.3) is 5.91 Å². The molecule has 1 aliphatic rings. The zero-order valence-electron chi connectivity index (χ0n) is 14.1. The summed E-state index contributed by atoms with van der Waals surface area (Å²) in [6, 6.07) is 4.39. The van der Waals surface area contributed by atoms with E-state index in [0.29, 0.717) is 30.7 Å². The van der Waals surface area contributed by atoms with Gasteiger partial charge in [0, 0.05) is 37.9 Å². The molecular formula is C16H23BrN2O5S. The SMILES string of the molecule is COCCCNC(=O)c1cc(S(=O)(=O)NC[C@@H]2CCCO2)ccc1Br. The van der Waals surface area contributed by atoms with E-state index in [4.69, 9.17) is 9.47 Å². The highest BCUT2D eigenvalue weighted by molar-refractivity contribution is 9.10. The summed E-state index contributed by atoms with van der Waals surface area (Å²) in [4.78, 5) is 12.3. The fourth-order valence-electron chi connectivity index (χ4n) is 2.45. The van der Waals surface area contributed by atoms with Crippen LogP contribution in [0.2, 0.25) is 0 Å². The number of hydrogen-bond donors (Lipinski definition) is 2. The number of nitrogens with one attached hydrogen (secondary N) is 2. The van der Waals surface area contributed by atoms with E-state index in [2.05, 4.69) is 26.0 Å². The van der Waals surface area contributed by atoms with Crippen molar-refractivity contribution in [3.8, 4) is 0 Å². The van der Waals surface area contributed by atoms with Crippen LogP contribution in [0.4, 0.5) is 0 Å². The lowest BCUT2D eigenvalue weighted by Gasteiger charge is -2.13. The zero-order chi connectivity index (χ0) is 18.3. The van der Waals surface area contributed by atoms with Crippen molar-refractivity contribution < 1.29 is 22.7 Å². The Labute approximate surface area is 156 Å². The summed E-state index contributed by atoms with van der Waals surface area (Å²) in [6.45, 7) is 1.89. The molecule has 1 atom stereocenters. The molecule has 1 aliphatic heterocycles. The Morgan fingerprint density at radius 1 is 1.44 bits per heavy atom. The third kappa shape index (κ3) is 6.03. The first-order valence-corrected chi connectivity index (χ1v) is 10.4. The second kappa shape index (κ2) is 9.63. The molecule has 1 heterocycles. The molecule has 1 amide bonds. The molecule has 0 radical (unpaired) electrons. The first-order chi connectivity index (χ1) is 11.9. The van der Waals surface area contributed by atoms with Crippen molar-refractivity contribution in [1.82, 2.24) is 10.0 Å². The summed E-state index contributed by atoms with van der Waals surface area (Å²) >= 11 is 3.29. The van der Waals surface area contributed by atoms with E-state index in [1.807, 2.05) is 0 Å². The second-order valence-electron chi connectivity index (χ2n) is 5.73. The predicted molar refractivity (Wildman–Crippen MR) is 97.1 cm³/mol. The maximum absolute atomic E-state index is 12.4. The van der Waals surface area contributed by atoms with E-state index >= 15 is 0 Å². The molecule has 0 saturated carbocycles. The number of carbonyl (C=O) groups excluding carboxylic acids is 1. The first kappa shape index (κ1) is 20.3. The quantitative estimate of drug-likeness (QED) is 0.576. The molecule has 1 aromatic carbocycles. The molecule has 0 unspecified atom stereocenters. The third-order valence-electron chi connectivity index (χ3n) is 3.83. The highest BCUT2D eigenvalue weighted by atomic mass is 79.9. The number of halogens is 1. The standard InChI is InChI=1S/C16H23BrN2O5S/c1-23-8-3-7-18-16(20)14-10-13(5-6-15(14)17)25(21,22)19-11-12-4-2-9-24-12/h5-6,10,12,19H,2-4,7-9,11H2,1H3,(H,18,20)/t12-/m0/s1. The van der Waals surface area contributed by atoms with Crippen LogP contribution in [0, 0.1) is 0 Å². The number of amides is 1. The van der Waals surface area contributed by atoms with Gasteiger partial charge in [-0.05, 0) is 53.4 Å². The molecule has 0 spiro atoms. The van der Waals surface area contributed by atoms with Gasteiger partial charge in [-0.2, -0.15) is 0 Å². The minimum atomic E-state index is -3.70. The number of rotatable bonds is 9. The van der Waals surface area contributed by atoms with Crippen molar-refractivity contribution in [3.63, 3.8) is 0 Å². The van der Waals surface area contributed by atoms with Gasteiger partial charge < -0.3 is 14.8 Å². The summed E-state index contributed by atoms with van der Waals surface area (Å²) in [7, 11) is -2.11. The normalized spacial score (nSPS) is 17.6. The largest absolute Gasteiger partial charge is 0.385 e. The Hall–Kier alpha value is -1.00. The number of benzene rings is 1. The van der Waals surface area contributed by atoms with Gasteiger partial charge in [-0.1, -0.05) is 0 Å². The third-order valence-corrected chi connectivity index (χ3v) is 5.94. The van der Waals surface area contributed by atoms with E-state index in [1.165, 1.54) is 12.1 Å². The zero-order valence-corrected chi connectivity index (χ0v) is 16.5. The lowest BCUT2D eigenvalue weighted by Crippen LogP contribution is -2.32. The average Bonchev–Trinajstić information content (AvgIpc) is 3.10. The van der Waals surface area contributed by atoms with Crippen LogP contribution in [0.25, 0.3) is 0 Å². The van der Waals surface area contributed by atoms with E-state index < -0.39 is 10.0 Å². The number of ether oxygens (including phenoxy) is 2. The van der Waals surface area contributed by atoms with Crippen molar-refractivity contribution in [1.29, 1.82) is 0 Å². The molecule has 1 saturated heterocycles. The molecular weight excluding hydrogens is 412 g/mol. The van der Waals surface area contributed by atoms with Crippen LogP contribution >= 0.6 is 15.9 Å². The van der Waals surface area contributed by atoms with Gasteiger partial charge in [0.1, 0.15) is 0 Å². The number of carbonyl (C=O) groups is 1. The molecule has 1 aromatic rings. The van der Waals surface area contributed by atoms with Crippen molar-refractivity contribution in [2.24, 2.45) is 0 Å². The van der Waals surface area contributed by atoms with Crippen molar-refractivity contribution in [3.05, 3.63) is 28.2 Å². The van der Waals surface area contributed by atoms with Crippen molar-refractivity contribution in [2.75, 3.05) is 33.4 Å². The Kier molecular flexibility index (Phi) is 7.82. The smallest absolute Gasteiger partial charge is 0.252 e. The Bertz CT molecular complexity index is 690. The maximum atomic E-state index is 12.4. The van der Waals surface area contributed by atoms with Crippen molar-refractivity contribution >= 4 is 31.9 Å². The number of sulfonamides is 1. The average molecular weight is 435 g/mol. The first-order valence-electron chi connectivity index (χ1n) is 8.12. The topological polar surface area (TPSA) is 93.7 Å². The van der Waals surface area contributed by atoms with E-state index in [-0.39, 0.29) is 29.0 Å². The van der Waals surface area contributed by atoms with Crippen LogP contribution in [0.15, 0.2) is 27.6 Å². The molecule has 140 valence electrons. The monoisotopic (exact) mass is 434 g/mol. The van der Waals surface area contributed by atoms with Crippen molar-refractivity contribution in [2.45, 2.75) is 30.3 Å². The maximum Gasteiger partial charge on any atom is 0.252 e. The Balaban J connectivity index is 2.04. The summed E-state index contributed by atoms with van der Waals surface area (Å²) < 4.78 is 38.3. The predicted octanol–water partition coefficient (Wildman–Crippen LogP) is 1.67. The molecule has 9 heteroatoms. The molecule has 0 aromatic heterocycles. The number of hydrogen-bond acceptors (Lipinski definition) is 5.